The Kier molecular flexibility index (Phi) is 6.49. The van der Waals surface area contributed by atoms with E-state index in [0.29, 0.717) is 28.0 Å². The summed E-state index contributed by atoms with van der Waals surface area (Å²) in [5.41, 5.74) is 2.64. The van der Waals surface area contributed by atoms with Gasteiger partial charge in [-0.15, -0.1) is 0 Å². The van der Waals surface area contributed by atoms with Crippen molar-refractivity contribution in [3.63, 3.8) is 0 Å². The lowest BCUT2D eigenvalue weighted by atomic mass is 9.83. The van der Waals surface area contributed by atoms with Crippen LogP contribution < -0.4 is 4.74 Å². The standard InChI is InChI=1S/C28H27F2NO5/c1-15-6-7-16(27(33)34)12-18(15)23-24-21(11-10-20(30)25(24)32)31(26(23)28(2,3)14-35-4)17-8-9-19(29)22(13-17)36-5/h6-13,32H,14H2,1-5H3,(H,33,34). The van der Waals surface area contributed by atoms with Gasteiger partial charge in [-0.1, -0.05) is 19.9 Å². The van der Waals surface area contributed by atoms with E-state index >= 15 is 0 Å². The number of nitrogens with zero attached hydrogens (tertiary/aromatic N) is 1. The molecule has 0 radical (unpaired) electrons. The van der Waals surface area contributed by atoms with Crippen LogP contribution in [0.4, 0.5) is 8.78 Å². The fourth-order valence-electron chi connectivity index (χ4n) is 4.75. The Morgan fingerprint density at radius 2 is 1.72 bits per heavy atom. The van der Waals surface area contributed by atoms with Gasteiger partial charge in [-0.05, 0) is 54.4 Å². The number of benzene rings is 3. The van der Waals surface area contributed by atoms with Gasteiger partial charge in [-0.25, -0.2) is 13.6 Å². The highest BCUT2D eigenvalue weighted by Crippen LogP contribution is 2.48. The van der Waals surface area contributed by atoms with Crippen molar-refractivity contribution in [3.8, 4) is 28.3 Å². The van der Waals surface area contributed by atoms with Crippen molar-refractivity contribution in [1.82, 2.24) is 4.57 Å². The zero-order valence-corrected chi connectivity index (χ0v) is 20.6. The number of methoxy groups -OCH3 is 2. The van der Waals surface area contributed by atoms with Gasteiger partial charge >= 0.3 is 5.97 Å². The van der Waals surface area contributed by atoms with Gasteiger partial charge in [0.15, 0.2) is 23.1 Å². The van der Waals surface area contributed by atoms with Crippen molar-refractivity contribution in [3.05, 3.63) is 77.0 Å². The fourth-order valence-corrected chi connectivity index (χ4v) is 4.75. The molecule has 0 spiro atoms. The number of carboxylic acids is 1. The lowest BCUT2D eigenvalue weighted by Crippen LogP contribution is -2.27. The van der Waals surface area contributed by atoms with Crippen LogP contribution >= 0.6 is 0 Å². The van der Waals surface area contributed by atoms with Gasteiger partial charge in [-0.2, -0.15) is 0 Å². The van der Waals surface area contributed by atoms with Crippen LogP contribution in [0.1, 0.15) is 35.5 Å². The molecule has 8 heteroatoms. The average molecular weight is 496 g/mol. The summed E-state index contributed by atoms with van der Waals surface area (Å²) in [5.74, 6) is -3.03. The predicted molar refractivity (Wildman–Crippen MR) is 133 cm³/mol. The summed E-state index contributed by atoms with van der Waals surface area (Å²) < 4.78 is 41.6. The summed E-state index contributed by atoms with van der Waals surface area (Å²) in [6, 6.07) is 11.7. The molecule has 3 aromatic carbocycles. The monoisotopic (exact) mass is 495 g/mol. The van der Waals surface area contributed by atoms with Gasteiger partial charge in [0.2, 0.25) is 0 Å². The van der Waals surface area contributed by atoms with E-state index in [1.54, 1.807) is 23.8 Å². The van der Waals surface area contributed by atoms with E-state index in [1.165, 1.54) is 37.4 Å². The van der Waals surface area contributed by atoms with Crippen LogP contribution in [0, 0.1) is 18.6 Å². The number of phenolic OH excluding ortho intramolecular Hbond substituents is 1. The van der Waals surface area contributed by atoms with Crippen molar-refractivity contribution < 1.29 is 33.3 Å². The Hall–Kier alpha value is -3.91. The molecule has 0 fully saturated rings. The predicted octanol–water partition coefficient (Wildman–Crippen LogP) is 6.22. The van der Waals surface area contributed by atoms with Crippen molar-refractivity contribution in [2.45, 2.75) is 26.2 Å². The van der Waals surface area contributed by atoms with Gasteiger partial charge in [0.1, 0.15) is 0 Å². The maximum Gasteiger partial charge on any atom is 0.335 e. The van der Waals surface area contributed by atoms with Gasteiger partial charge in [0.25, 0.3) is 0 Å². The number of aromatic hydroxyl groups is 1. The van der Waals surface area contributed by atoms with Crippen LogP contribution in [-0.2, 0) is 10.2 Å². The zero-order chi connectivity index (χ0) is 26.4. The van der Waals surface area contributed by atoms with E-state index in [4.69, 9.17) is 9.47 Å². The molecule has 0 aliphatic rings. The normalized spacial score (nSPS) is 11.8. The minimum atomic E-state index is -1.11. The van der Waals surface area contributed by atoms with E-state index in [2.05, 4.69) is 0 Å². The molecule has 1 heterocycles. The largest absolute Gasteiger partial charge is 0.504 e. The molecule has 2 N–H and O–H groups in total. The van der Waals surface area contributed by atoms with Crippen LogP contribution in [0.2, 0.25) is 0 Å². The minimum absolute atomic E-state index is 0.0155. The van der Waals surface area contributed by atoms with E-state index < -0.39 is 28.8 Å². The van der Waals surface area contributed by atoms with Crippen LogP contribution in [-0.4, -0.2) is 41.6 Å². The second-order valence-corrected chi connectivity index (χ2v) is 9.32. The third-order valence-corrected chi connectivity index (χ3v) is 6.35. The van der Waals surface area contributed by atoms with Crippen molar-refractivity contribution in [1.29, 1.82) is 0 Å². The molecule has 4 aromatic rings. The maximum atomic E-state index is 14.8. The molecule has 0 aliphatic carbocycles. The number of fused-ring (bicyclic) bond motifs is 1. The Balaban J connectivity index is 2.27. The Labute approximate surface area is 207 Å². The fraction of sp³-hybridized carbons (Fsp3) is 0.250. The number of aromatic nitrogens is 1. The molecule has 36 heavy (non-hydrogen) atoms. The number of phenols is 1. The van der Waals surface area contributed by atoms with Gasteiger partial charge < -0.3 is 24.3 Å². The van der Waals surface area contributed by atoms with Gasteiger partial charge in [0.05, 0.1) is 30.2 Å². The highest BCUT2D eigenvalue weighted by atomic mass is 19.1. The van der Waals surface area contributed by atoms with Crippen molar-refractivity contribution >= 4 is 16.9 Å². The van der Waals surface area contributed by atoms with Crippen molar-refractivity contribution in [2.75, 3.05) is 20.8 Å². The number of ether oxygens (including phenoxy) is 2. The van der Waals surface area contributed by atoms with E-state index in [-0.39, 0.29) is 23.3 Å². The topological polar surface area (TPSA) is 80.9 Å². The van der Waals surface area contributed by atoms with Crippen LogP contribution in [0.5, 0.6) is 11.5 Å². The summed E-state index contributed by atoms with van der Waals surface area (Å²) in [5, 5.41) is 20.8. The molecular weight excluding hydrogens is 468 g/mol. The second kappa shape index (κ2) is 9.28. The zero-order valence-electron chi connectivity index (χ0n) is 20.6. The van der Waals surface area contributed by atoms with E-state index in [1.807, 2.05) is 20.8 Å². The smallest absolute Gasteiger partial charge is 0.335 e. The lowest BCUT2D eigenvalue weighted by Gasteiger charge is -2.28. The van der Waals surface area contributed by atoms with Gasteiger partial charge in [-0.3, -0.25) is 0 Å². The number of hydrogen-bond acceptors (Lipinski definition) is 4. The molecule has 0 unspecified atom stereocenters. The second-order valence-electron chi connectivity index (χ2n) is 9.32. The molecule has 6 nitrogen and oxygen atoms in total. The first-order chi connectivity index (χ1) is 17.0. The first kappa shape index (κ1) is 25.2. The maximum absolute atomic E-state index is 14.8. The SMILES string of the molecule is COCC(C)(C)c1c(-c2cc(C(=O)O)ccc2C)c2c(O)c(F)ccc2n1-c1ccc(F)c(OC)c1. The molecule has 0 atom stereocenters. The lowest BCUT2D eigenvalue weighted by molar-refractivity contribution is 0.0697. The molecular formula is C28H27F2NO5. The highest BCUT2D eigenvalue weighted by Gasteiger charge is 2.34. The summed E-state index contributed by atoms with van der Waals surface area (Å²) in [7, 11) is 2.92. The van der Waals surface area contributed by atoms with Gasteiger partial charge in [0, 0.05) is 35.5 Å². The third kappa shape index (κ3) is 4.07. The quantitative estimate of drug-likeness (QED) is 0.318. The summed E-state index contributed by atoms with van der Waals surface area (Å²) in [4.78, 5) is 11.8. The average Bonchev–Trinajstić information content (AvgIpc) is 3.18. The molecule has 4 rings (SSSR count). The Bertz CT molecular complexity index is 1490. The molecule has 0 saturated carbocycles. The Morgan fingerprint density at radius 3 is 2.36 bits per heavy atom. The van der Waals surface area contributed by atoms with E-state index in [9.17, 15) is 23.8 Å². The van der Waals surface area contributed by atoms with Crippen LogP contribution in [0.3, 0.4) is 0 Å². The first-order valence-electron chi connectivity index (χ1n) is 11.2. The number of aromatic carboxylic acids is 1. The summed E-state index contributed by atoms with van der Waals surface area (Å²) in [6.07, 6.45) is 0. The first-order valence-corrected chi connectivity index (χ1v) is 11.2. The molecule has 0 amide bonds. The molecule has 0 aliphatic heterocycles. The minimum Gasteiger partial charge on any atom is -0.504 e. The number of aryl methyl sites for hydroxylation is 1. The number of carbonyl (C=O) groups is 1. The van der Waals surface area contributed by atoms with Crippen LogP contribution in [0.25, 0.3) is 27.7 Å². The Morgan fingerprint density at radius 1 is 1.03 bits per heavy atom. The number of halogens is 2. The highest BCUT2D eigenvalue weighted by molar-refractivity contribution is 6.05. The molecule has 1 aromatic heterocycles. The number of carboxylic acid groups (broad SMARTS) is 1. The summed E-state index contributed by atoms with van der Waals surface area (Å²) in [6.45, 7) is 5.91. The summed E-state index contributed by atoms with van der Waals surface area (Å²) >= 11 is 0. The van der Waals surface area contributed by atoms with Crippen molar-refractivity contribution in [2.24, 2.45) is 0 Å². The molecule has 188 valence electrons. The van der Waals surface area contributed by atoms with Crippen LogP contribution in [0.15, 0.2) is 48.5 Å². The molecule has 0 saturated heterocycles. The number of hydrogen-bond donors (Lipinski definition) is 2. The van der Waals surface area contributed by atoms with E-state index in [0.717, 1.165) is 11.6 Å². The third-order valence-electron chi connectivity index (χ3n) is 6.35. The molecule has 0 bridgehead atoms. The number of rotatable bonds is 7.